The number of rotatable bonds is 7. The number of nitrogens with zero attached hydrogens (tertiary/aromatic N) is 4. The smallest absolute Gasteiger partial charge is 0.141 e. The summed E-state index contributed by atoms with van der Waals surface area (Å²) >= 11 is 1.83. The van der Waals surface area contributed by atoms with Crippen LogP contribution in [0.25, 0.3) is 11.3 Å². The Kier molecular flexibility index (Phi) is 5.40. The van der Waals surface area contributed by atoms with Crippen molar-refractivity contribution in [3.05, 3.63) is 24.3 Å². The Labute approximate surface area is 124 Å². The summed E-state index contributed by atoms with van der Waals surface area (Å²) in [6, 6.07) is 1.99. The van der Waals surface area contributed by atoms with Crippen molar-refractivity contribution in [1.29, 1.82) is 0 Å². The summed E-state index contributed by atoms with van der Waals surface area (Å²) in [7, 11) is 1.91. The minimum Gasteiger partial charge on any atom is -0.370 e. The van der Waals surface area contributed by atoms with Crippen molar-refractivity contribution in [3.63, 3.8) is 0 Å². The molecule has 2 rings (SSSR count). The average Bonchev–Trinajstić information content (AvgIpc) is 2.89. The van der Waals surface area contributed by atoms with E-state index in [9.17, 15) is 0 Å². The predicted molar refractivity (Wildman–Crippen MR) is 84.9 cm³/mol. The molecule has 0 fully saturated rings. The van der Waals surface area contributed by atoms with Gasteiger partial charge in [0, 0.05) is 31.4 Å². The minimum absolute atomic E-state index is 0.839. The molecule has 0 aromatic carbocycles. The minimum atomic E-state index is 0.839. The molecule has 5 nitrogen and oxygen atoms in total. The molecule has 2 aromatic heterocycles. The van der Waals surface area contributed by atoms with Crippen LogP contribution in [0.5, 0.6) is 0 Å². The normalized spacial score (nSPS) is 10.8. The number of nitrogens with one attached hydrogen (secondary N) is 1. The van der Waals surface area contributed by atoms with Gasteiger partial charge in [-0.05, 0) is 12.2 Å². The van der Waals surface area contributed by atoms with E-state index in [0.717, 1.165) is 47.4 Å². The fourth-order valence-corrected chi connectivity index (χ4v) is 2.32. The molecule has 108 valence electrons. The fourth-order valence-electron chi connectivity index (χ4n) is 1.80. The van der Waals surface area contributed by atoms with Gasteiger partial charge in [-0.25, -0.2) is 9.97 Å². The van der Waals surface area contributed by atoms with Crippen molar-refractivity contribution in [2.24, 2.45) is 7.05 Å². The SMILES string of the molecule is CCCNc1cc(-c2cnn(C)c2)nc(CSCC)n1. The van der Waals surface area contributed by atoms with Crippen LogP contribution in [-0.4, -0.2) is 32.0 Å². The molecular weight excluding hydrogens is 270 g/mol. The summed E-state index contributed by atoms with van der Waals surface area (Å²) in [6.45, 7) is 5.21. The lowest BCUT2D eigenvalue weighted by atomic mass is 10.2. The zero-order valence-corrected chi connectivity index (χ0v) is 13.1. The van der Waals surface area contributed by atoms with E-state index < -0.39 is 0 Å². The van der Waals surface area contributed by atoms with Gasteiger partial charge in [0.2, 0.25) is 0 Å². The molecule has 0 aliphatic carbocycles. The first-order chi connectivity index (χ1) is 9.72. The summed E-state index contributed by atoms with van der Waals surface area (Å²) in [6.07, 6.45) is 4.89. The van der Waals surface area contributed by atoms with Crippen LogP contribution < -0.4 is 5.32 Å². The van der Waals surface area contributed by atoms with Gasteiger partial charge in [-0.3, -0.25) is 4.68 Å². The quantitative estimate of drug-likeness (QED) is 0.850. The summed E-state index contributed by atoms with van der Waals surface area (Å²) in [5, 5.41) is 7.55. The highest BCUT2D eigenvalue weighted by Crippen LogP contribution is 2.21. The van der Waals surface area contributed by atoms with E-state index in [1.807, 2.05) is 37.3 Å². The van der Waals surface area contributed by atoms with Gasteiger partial charge in [0.1, 0.15) is 11.6 Å². The van der Waals surface area contributed by atoms with Crippen LogP contribution in [0.3, 0.4) is 0 Å². The van der Waals surface area contributed by atoms with Crippen molar-refractivity contribution in [1.82, 2.24) is 19.7 Å². The lowest BCUT2D eigenvalue weighted by molar-refractivity contribution is 0.768. The fraction of sp³-hybridized carbons (Fsp3) is 0.500. The van der Waals surface area contributed by atoms with Gasteiger partial charge in [0.05, 0.1) is 17.6 Å². The van der Waals surface area contributed by atoms with Gasteiger partial charge >= 0.3 is 0 Å². The van der Waals surface area contributed by atoms with Crippen LogP contribution in [0.1, 0.15) is 26.1 Å². The predicted octanol–water partition coefficient (Wildman–Crippen LogP) is 2.95. The third-order valence-electron chi connectivity index (χ3n) is 2.76. The first kappa shape index (κ1) is 14.8. The molecule has 0 amide bonds. The Morgan fingerprint density at radius 1 is 1.30 bits per heavy atom. The highest BCUT2D eigenvalue weighted by Gasteiger charge is 2.08. The van der Waals surface area contributed by atoms with E-state index in [0.29, 0.717) is 0 Å². The van der Waals surface area contributed by atoms with E-state index in [4.69, 9.17) is 0 Å². The molecule has 20 heavy (non-hydrogen) atoms. The maximum Gasteiger partial charge on any atom is 0.141 e. The van der Waals surface area contributed by atoms with Gasteiger partial charge in [-0.1, -0.05) is 13.8 Å². The second-order valence-corrected chi connectivity index (χ2v) is 5.80. The van der Waals surface area contributed by atoms with E-state index in [-0.39, 0.29) is 0 Å². The first-order valence-corrected chi connectivity index (χ1v) is 8.07. The number of aromatic nitrogens is 4. The highest BCUT2D eigenvalue weighted by molar-refractivity contribution is 7.98. The van der Waals surface area contributed by atoms with Gasteiger partial charge < -0.3 is 5.32 Å². The molecule has 1 N–H and O–H groups in total. The Hall–Kier alpha value is -1.56. The first-order valence-electron chi connectivity index (χ1n) is 6.91. The van der Waals surface area contributed by atoms with Crippen molar-refractivity contribution in [2.75, 3.05) is 17.6 Å². The molecule has 0 atom stereocenters. The molecule has 2 aromatic rings. The molecule has 0 radical (unpaired) electrons. The van der Waals surface area contributed by atoms with Crippen molar-refractivity contribution < 1.29 is 0 Å². The zero-order chi connectivity index (χ0) is 14.4. The molecule has 0 unspecified atom stereocenters. The molecule has 0 spiro atoms. The van der Waals surface area contributed by atoms with Crippen molar-refractivity contribution >= 4 is 17.6 Å². The van der Waals surface area contributed by atoms with Gasteiger partial charge in [0.25, 0.3) is 0 Å². The third kappa shape index (κ3) is 3.96. The Bertz CT molecular complexity index is 526. The topological polar surface area (TPSA) is 55.6 Å². The van der Waals surface area contributed by atoms with Gasteiger partial charge in [-0.2, -0.15) is 16.9 Å². The van der Waals surface area contributed by atoms with Crippen LogP contribution in [0.15, 0.2) is 18.5 Å². The molecule has 2 heterocycles. The molecule has 0 bridgehead atoms. The molecule has 0 saturated heterocycles. The third-order valence-corrected chi connectivity index (χ3v) is 3.64. The average molecular weight is 291 g/mol. The molecule has 0 aliphatic rings. The zero-order valence-electron chi connectivity index (χ0n) is 12.3. The van der Waals surface area contributed by atoms with Crippen LogP contribution in [0, 0.1) is 0 Å². The van der Waals surface area contributed by atoms with Crippen LogP contribution >= 0.6 is 11.8 Å². The number of hydrogen-bond donors (Lipinski definition) is 1. The number of aryl methyl sites for hydroxylation is 1. The van der Waals surface area contributed by atoms with Crippen LogP contribution in [-0.2, 0) is 12.8 Å². The van der Waals surface area contributed by atoms with Crippen molar-refractivity contribution in [3.8, 4) is 11.3 Å². The maximum atomic E-state index is 4.64. The number of anilines is 1. The summed E-state index contributed by atoms with van der Waals surface area (Å²) < 4.78 is 1.79. The summed E-state index contributed by atoms with van der Waals surface area (Å²) in [4.78, 5) is 9.21. The second kappa shape index (κ2) is 7.28. The Morgan fingerprint density at radius 2 is 2.15 bits per heavy atom. The van der Waals surface area contributed by atoms with Crippen LogP contribution in [0.2, 0.25) is 0 Å². The van der Waals surface area contributed by atoms with E-state index in [2.05, 4.69) is 34.2 Å². The van der Waals surface area contributed by atoms with Crippen LogP contribution in [0.4, 0.5) is 5.82 Å². The maximum absolute atomic E-state index is 4.64. The Balaban J connectivity index is 2.29. The standard InChI is InChI=1S/C14H21N5S/c1-4-6-15-13-7-12(11-8-16-19(3)9-11)17-14(18-13)10-20-5-2/h7-9H,4-6,10H2,1-3H3,(H,15,17,18). The number of thioether (sulfide) groups is 1. The Morgan fingerprint density at radius 3 is 2.80 bits per heavy atom. The molecule has 6 heteroatoms. The molecule has 0 saturated carbocycles. The lowest BCUT2D eigenvalue weighted by Gasteiger charge is -2.08. The number of hydrogen-bond acceptors (Lipinski definition) is 5. The second-order valence-electron chi connectivity index (χ2n) is 4.52. The monoisotopic (exact) mass is 291 g/mol. The van der Waals surface area contributed by atoms with E-state index in [1.165, 1.54) is 0 Å². The summed E-state index contributed by atoms with van der Waals surface area (Å²) in [5.41, 5.74) is 1.95. The van der Waals surface area contributed by atoms with E-state index in [1.54, 1.807) is 4.68 Å². The summed E-state index contributed by atoms with van der Waals surface area (Å²) in [5.74, 6) is 3.67. The van der Waals surface area contributed by atoms with E-state index >= 15 is 0 Å². The van der Waals surface area contributed by atoms with Crippen molar-refractivity contribution in [2.45, 2.75) is 26.0 Å². The largest absolute Gasteiger partial charge is 0.370 e. The van der Waals surface area contributed by atoms with Gasteiger partial charge in [0.15, 0.2) is 0 Å². The molecule has 0 aliphatic heterocycles. The molecular formula is C14H21N5S. The lowest BCUT2D eigenvalue weighted by Crippen LogP contribution is -2.05. The van der Waals surface area contributed by atoms with Gasteiger partial charge in [-0.15, -0.1) is 0 Å². The highest BCUT2D eigenvalue weighted by atomic mass is 32.2.